The number of benzene rings is 1. The Morgan fingerprint density at radius 1 is 1.18 bits per heavy atom. The topological polar surface area (TPSA) is 15.3 Å². The number of nitrogens with zero attached hydrogens (tertiary/aromatic N) is 1. The summed E-state index contributed by atoms with van der Waals surface area (Å²) >= 11 is 0. The third-order valence-electron chi connectivity index (χ3n) is 5.50. The van der Waals surface area contributed by atoms with Crippen LogP contribution in [0.2, 0.25) is 0 Å². The maximum Gasteiger partial charge on any atom is 0.266 e. The van der Waals surface area contributed by atoms with Gasteiger partial charge in [-0.05, 0) is 43.9 Å². The molecule has 0 aromatic heterocycles. The summed E-state index contributed by atoms with van der Waals surface area (Å²) in [5, 5.41) is 3.79. The minimum atomic E-state index is -2.76. The quantitative estimate of drug-likeness (QED) is 0.887. The summed E-state index contributed by atoms with van der Waals surface area (Å²) in [5.74, 6) is -0.789. The lowest BCUT2D eigenvalue weighted by molar-refractivity contribution is 0.146. The average Bonchev–Trinajstić information content (AvgIpc) is 3.24. The van der Waals surface area contributed by atoms with E-state index in [1.807, 2.05) is 0 Å². The summed E-state index contributed by atoms with van der Waals surface area (Å²) in [4.78, 5) is 2.27. The molecule has 1 spiro atoms. The average molecular weight is 310 g/mol. The van der Waals surface area contributed by atoms with Crippen molar-refractivity contribution in [3.8, 4) is 0 Å². The first-order chi connectivity index (χ1) is 10.6. The maximum absolute atomic E-state index is 14.0. The maximum atomic E-state index is 14.0. The van der Waals surface area contributed by atoms with Gasteiger partial charge in [-0.1, -0.05) is 12.8 Å². The second-order valence-electron chi connectivity index (χ2n) is 7.02. The Kier molecular flexibility index (Phi) is 3.36. The van der Waals surface area contributed by atoms with Gasteiger partial charge in [0, 0.05) is 29.9 Å². The van der Waals surface area contributed by atoms with Crippen molar-refractivity contribution in [3.05, 3.63) is 29.6 Å². The third kappa shape index (κ3) is 2.39. The zero-order chi connectivity index (χ0) is 15.3. The van der Waals surface area contributed by atoms with E-state index in [4.69, 9.17) is 0 Å². The fraction of sp³-hybridized carbons (Fsp3) is 0.647. The van der Waals surface area contributed by atoms with Crippen LogP contribution in [0.1, 0.15) is 50.5 Å². The first kappa shape index (κ1) is 14.4. The normalized spacial score (nSPS) is 29.7. The largest absolute Gasteiger partial charge is 0.365 e. The Balaban J connectivity index is 1.65. The number of rotatable bonds is 2. The molecule has 0 bridgehead atoms. The number of piperazine rings is 1. The lowest BCUT2D eigenvalue weighted by Gasteiger charge is -2.49. The Labute approximate surface area is 128 Å². The number of nitrogens with one attached hydrogen (secondary N) is 1. The van der Waals surface area contributed by atoms with Crippen molar-refractivity contribution in [3.63, 3.8) is 0 Å². The van der Waals surface area contributed by atoms with Gasteiger partial charge in [-0.25, -0.2) is 13.2 Å². The Morgan fingerprint density at radius 3 is 2.64 bits per heavy atom. The van der Waals surface area contributed by atoms with Crippen LogP contribution in [-0.4, -0.2) is 24.2 Å². The van der Waals surface area contributed by atoms with Crippen molar-refractivity contribution >= 4 is 5.69 Å². The van der Waals surface area contributed by atoms with E-state index in [1.54, 1.807) is 6.07 Å². The van der Waals surface area contributed by atoms with Crippen molar-refractivity contribution in [1.82, 2.24) is 5.32 Å². The highest BCUT2D eigenvalue weighted by atomic mass is 19.3. The van der Waals surface area contributed by atoms with E-state index in [9.17, 15) is 13.2 Å². The highest BCUT2D eigenvalue weighted by molar-refractivity contribution is 5.52. The molecule has 2 atom stereocenters. The Morgan fingerprint density at radius 2 is 1.95 bits per heavy atom. The van der Waals surface area contributed by atoms with Crippen LogP contribution >= 0.6 is 0 Å². The van der Waals surface area contributed by atoms with Gasteiger partial charge in [0.2, 0.25) is 0 Å². The molecule has 4 rings (SSSR count). The van der Waals surface area contributed by atoms with Crippen molar-refractivity contribution in [1.29, 1.82) is 0 Å². The Bertz CT molecular complexity index is 571. The summed E-state index contributed by atoms with van der Waals surface area (Å²) < 4.78 is 39.4. The van der Waals surface area contributed by atoms with Crippen molar-refractivity contribution in [2.24, 2.45) is 0 Å². The molecule has 1 aliphatic heterocycles. The van der Waals surface area contributed by atoms with E-state index in [0.717, 1.165) is 37.9 Å². The van der Waals surface area contributed by atoms with E-state index in [0.29, 0.717) is 12.1 Å². The molecule has 1 saturated heterocycles. The van der Waals surface area contributed by atoms with E-state index >= 15 is 0 Å². The number of hydrogen-bond acceptors (Lipinski definition) is 2. The Hall–Kier alpha value is -1.23. The van der Waals surface area contributed by atoms with Gasteiger partial charge in [-0.2, -0.15) is 0 Å². The minimum Gasteiger partial charge on any atom is -0.365 e. The standard InChI is InChI=1S/C17H21F3N2/c18-13-9-11(5-6-12(13)16(19)20)22-10-17(7-8-17)21-14-3-1-2-4-15(14)22/h5-6,9,14-16,21H,1-4,7-8,10H2/t14-,15?/m0/s1. The molecule has 2 aliphatic carbocycles. The number of fused-ring (bicyclic) bond motifs is 1. The van der Waals surface area contributed by atoms with E-state index in [2.05, 4.69) is 10.2 Å². The predicted molar refractivity (Wildman–Crippen MR) is 79.8 cm³/mol. The smallest absolute Gasteiger partial charge is 0.266 e. The SMILES string of the molecule is Fc1cc(N2CC3(CC3)N[C@H]3CCCCC32)ccc1C(F)F. The second kappa shape index (κ2) is 5.15. The van der Waals surface area contributed by atoms with Gasteiger partial charge in [-0.15, -0.1) is 0 Å². The fourth-order valence-corrected chi connectivity index (χ4v) is 4.14. The van der Waals surface area contributed by atoms with Crippen LogP contribution < -0.4 is 10.2 Å². The molecular weight excluding hydrogens is 289 g/mol. The van der Waals surface area contributed by atoms with Gasteiger partial charge in [0.05, 0.1) is 5.56 Å². The summed E-state index contributed by atoms with van der Waals surface area (Å²) in [7, 11) is 0. The predicted octanol–water partition coefficient (Wildman–Crippen LogP) is 4.02. The molecule has 0 radical (unpaired) electrons. The second-order valence-corrected chi connectivity index (χ2v) is 7.02. The number of alkyl halides is 2. The van der Waals surface area contributed by atoms with E-state index in [1.165, 1.54) is 25.0 Å². The molecule has 1 unspecified atom stereocenters. The molecule has 3 fully saturated rings. The summed E-state index contributed by atoms with van der Waals surface area (Å²) in [6.07, 6.45) is 4.22. The molecule has 1 N–H and O–H groups in total. The van der Waals surface area contributed by atoms with Crippen LogP contribution in [-0.2, 0) is 0 Å². The molecule has 1 aromatic rings. The molecular formula is C17H21F3N2. The van der Waals surface area contributed by atoms with Crippen LogP contribution in [0.25, 0.3) is 0 Å². The van der Waals surface area contributed by atoms with E-state index in [-0.39, 0.29) is 5.54 Å². The third-order valence-corrected chi connectivity index (χ3v) is 5.50. The van der Waals surface area contributed by atoms with Gasteiger partial charge < -0.3 is 10.2 Å². The molecule has 2 nitrogen and oxygen atoms in total. The van der Waals surface area contributed by atoms with Crippen molar-refractivity contribution < 1.29 is 13.2 Å². The number of halogens is 3. The van der Waals surface area contributed by atoms with E-state index < -0.39 is 17.8 Å². The zero-order valence-corrected chi connectivity index (χ0v) is 12.5. The van der Waals surface area contributed by atoms with Crippen molar-refractivity contribution in [2.75, 3.05) is 11.4 Å². The first-order valence-corrected chi connectivity index (χ1v) is 8.20. The lowest BCUT2D eigenvalue weighted by Crippen LogP contribution is -2.64. The van der Waals surface area contributed by atoms with Gasteiger partial charge in [0.1, 0.15) is 5.82 Å². The van der Waals surface area contributed by atoms with Gasteiger partial charge >= 0.3 is 0 Å². The lowest BCUT2D eigenvalue weighted by atomic mass is 9.85. The van der Waals surface area contributed by atoms with Crippen LogP contribution in [0.4, 0.5) is 18.9 Å². The zero-order valence-electron chi connectivity index (χ0n) is 12.5. The van der Waals surface area contributed by atoms with Gasteiger partial charge in [0.25, 0.3) is 6.43 Å². The molecule has 3 aliphatic rings. The molecule has 120 valence electrons. The summed E-state index contributed by atoms with van der Waals surface area (Å²) in [5.41, 5.74) is 0.433. The summed E-state index contributed by atoms with van der Waals surface area (Å²) in [6.45, 7) is 0.863. The van der Waals surface area contributed by atoms with Crippen LogP contribution in [0, 0.1) is 5.82 Å². The minimum absolute atomic E-state index is 0.177. The monoisotopic (exact) mass is 310 g/mol. The molecule has 22 heavy (non-hydrogen) atoms. The molecule has 2 saturated carbocycles. The molecule has 1 aromatic carbocycles. The van der Waals surface area contributed by atoms with Gasteiger partial charge in [0.15, 0.2) is 0 Å². The molecule has 5 heteroatoms. The number of anilines is 1. The first-order valence-electron chi connectivity index (χ1n) is 8.20. The van der Waals surface area contributed by atoms with Crippen LogP contribution in [0.3, 0.4) is 0 Å². The van der Waals surface area contributed by atoms with Crippen LogP contribution in [0.5, 0.6) is 0 Å². The molecule has 1 heterocycles. The summed E-state index contributed by atoms with van der Waals surface area (Å²) in [6, 6.07) is 5.01. The van der Waals surface area contributed by atoms with Crippen LogP contribution in [0.15, 0.2) is 18.2 Å². The fourth-order valence-electron chi connectivity index (χ4n) is 4.14. The molecule has 0 amide bonds. The van der Waals surface area contributed by atoms with Gasteiger partial charge in [-0.3, -0.25) is 0 Å². The highest BCUT2D eigenvalue weighted by Crippen LogP contribution is 2.44. The number of hydrogen-bond donors (Lipinski definition) is 1. The highest BCUT2D eigenvalue weighted by Gasteiger charge is 2.51. The van der Waals surface area contributed by atoms with Crippen molar-refractivity contribution in [2.45, 2.75) is 62.6 Å².